The highest BCUT2D eigenvalue weighted by atomic mass is 32.2. The van der Waals surface area contributed by atoms with E-state index in [1.165, 1.54) is 23.1 Å². The third kappa shape index (κ3) is 6.03. The Kier molecular flexibility index (Phi) is 7.20. The molecule has 0 bridgehead atoms. The first-order valence-electron chi connectivity index (χ1n) is 8.88. The standard InChI is InChI=1S/C20H20N4O3S2/c1-3-18(26)21-14-9-7-13(8-10-14)17(25)12-28-20-24-23-19(29-20)22-15-5-4-6-16(11-15)27-2/h4-11H,3,12H2,1-2H3,(H,21,26)(H,22,23). The predicted octanol–water partition coefficient (Wildman–Crippen LogP) is 4.61. The predicted molar refractivity (Wildman–Crippen MR) is 117 cm³/mol. The van der Waals surface area contributed by atoms with E-state index in [1.807, 2.05) is 24.3 Å². The molecule has 0 atom stereocenters. The average Bonchev–Trinajstić information content (AvgIpc) is 3.19. The highest BCUT2D eigenvalue weighted by Gasteiger charge is 2.11. The number of anilines is 3. The fourth-order valence-electron chi connectivity index (χ4n) is 2.34. The lowest BCUT2D eigenvalue weighted by molar-refractivity contribution is -0.115. The van der Waals surface area contributed by atoms with Crippen molar-refractivity contribution in [3.63, 3.8) is 0 Å². The van der Waals surface area contributed by atoms with Gasteiger partial charge in [0.2, 0.25) is 11.0 Å². The number of nitrogens with one attached hydrogen (secondary N) is 2. The second-order valence-electron chi connectivity index (χ2n) is 5.92. The molecule has 0 unspecified atom stereocenters. The van der Waals surface area contributed by atoms with Gasteiger partial charge in [0.25, 0.3) is 0 Å². The molecule has 0 radical (unpaired) electrons. The summed E-state index contributed by atoms with van der Waals surface area (Å²) in [7, 11) is 1.62. The van der Waals surface area contributed by atoms with Crippen molar-refractivity contribution in [1.82, 2.24) is 10.2 Å². The van der Waals surface area contributed by atoms with Crippen LogP contribution in [0.3, 0.4) is 0 Å². The lowest BCUT2D eigenvalue weighted by Gasteiger charge is -2.05. The Labute approximate surface area is 176 Å². The second kappa shape index (κ2) is 10.0. The van der Waals surface area contributed by atoms with Crippen molar-refractivity contribution in [3.05, 3.63) is 54.1 Å². The molecule has 0 aliphatic rings. The van der Waals surface area contributed by atoms with Gasteiger partial charge in [0.1, 0.15) is 5.75 Å². The maximum atomic E-state index is 12.4. The molecule has 150 valence electrons. The minimum Gasteiger partial charge on any atom is -0.497 e. The Morgan fingerprint density at radius 3 is 2.62 bits per heavy atom. The average molecular weight is 429 g/mol. The lowest BCUT2D eigenvalue weighted by atomic mass is 10.1. The smallest absolute Gasteiger partial charge is 0.224 e. The van der Waals surface area contributed by atoms with Gasteiger partial charge in [-0.25, -0.2) is 0 Å². The van der Waals surface area contributed by atoms with Gasteiger partial charge in [-0.2, -0.15) is 0 Å². The van der Waals surface area contributed by atoms with E-state index < -0.39 is 0 Å². The number of ketones is 1. The third-order valence-corrected chi connectivity index (χ3v) is 5.84. The number of carbonyl (C=O) groups is 2. The van der Waals surface area contributed by atoms with Crippen LogP contribution in [0, 0.1) is 0 Å². The van der Waals surface area contributed by atoms with E-state index >= 15 is 0 Å². The summed E-state index contributed by atoms with van der Waals surface area (Å²) in [6.45, 7) is 1.79. The maximum Gasteiger partial charge on any atom is 0.224 e. The highest BCUT2D eigenvalue weighted by Crippen LogP contribution is 2.29. The number of amides is 1. The molecule has 1 amide bonds. The first-order valence-corrected chi connectivity index (χ1v) is 10.7. The van der Waals surface area contributed by atoms with Gasteiger partial charge in [-0.3, -0.25) is 9.59 Å². The van der Waals surface area contributed by atoms with E-state index in [0.29, 0.717) is 27.1 Å². The molecule has 2 aromatic carbocycles. The quantitative estimate of drug-likeness (QED) is 0.380. The van der Waals surface area contributed by atoms with E-state index in [1.54, 1.807) is 38.3 Å². The number of hydrogen-bond acceptors (Lipinski definition) is 8. The van der Waals surface area contributed by atoms with Crippen molar-refractivity contribution in [2.45, 2.75) is 17.7 Å². The molecule has 7 nitrogen and oxygen atoms in total. The zero-order valence-electron chi connectivity index (χ0n) is 16.0. The van der Waals surface area contributed by atoms with Crippen LogP contribution in [-0.4, -0.2) is 34.8 Å². The van der Waals surface area contributed by atoms with Crippen molar-refractivity contribution in [3.8, 4) is 5.75 Å². The minimum atomic E-state index is -0.0609. The number of rotatable bonds is 9. The fraction of sp³-hybridized carbons (Fsp3) is 0.200. The summed E-state index contributed by atoms with van der Waals surface area (Å²) >= 11 is 2.72. The molecule has 1 heterocycles. The van der Waals surface area contributed by atoms with Crippen LogP contribution in [-0.2, 0) is 4.79 Å². The van der Waals surface area contributed by atoms with Gasteiger partial charge in [0.15, 0.2) is 10.1 Å². The normalized spacial score (nSPS) is 10.4. The molecule has 0 saturated heterocycles. The Hall–Kier alpha value is -2.91. The Balaban J connectivity index is 1.53. The van der Waals surface area contributed by atoms with Crippen molar-refractivity contribution >= 4 is 51.3 Å². The van der Waals surface area contributed by atoms with E-state index in [4.69, 9.17) is 4.74 Å². The number of Topliss-reactive ketones (excluding diaryl/α,β-unsaturated/α-hetero) is 1. The summed E-state index contributed by atoms with van der Waals surface area (Å²) in [5, 5.41) is 14.8. The summed E-state index contributed by atoms with van der Waals surface area (Å²) in [4.78, 5) is 23.8. The summed E-state index contributed by atoms with van der Waals surface area (Å²) < 4.78 is 5.91. The number of ether oxygens (including phenoxy) is 1. The van der Waals surface area contributed by atoms with Crippen LogP contribution in [0.2, 0.25) is 0 Å². The van der Waals surface area contributed by atoms with Gasteiger partial charge in [-0.1, -0.05) is 36.1 Å². The summed E-state index contributed by atoms with van der Waals surface area (Å²) in [6, 6.07) is 14.4. The van der Waals surface area contributed by atoms with Crippen LogP contribution >= 0.6 is 23.1 Å². The summed E-state index contributed by atoms with van der Waals surface area (Å²) in [5.41, 5.74) is 2.12. The SMILES string of the molecule is CCC(=O)Nc1ccc(C(=O)CSc2nnc(Nc3cccc(OC)c3)s2)cc1. The van der Waals surface area contributed by atoms with Gasteiger partial charge in [-0.15, -0.1) is 10.2 Å². The molecule has 1 aromatic heterocycles. The van der Waals surface area contributed by atoms with Gasteiger partial charge < -0.3 is 15.4 Å². The number of aromatic nitrogens is 2. The molecular weight excluding hydrogens is 408 g/mol. The number of carbonyl (C=O) groups excluding carboxylic acids is 2. The number of benzene rings is 2. The Morgan fingerprint density at radius 1 is 1.10 bits per heavy atom. The summed E-state index contributed by atoms with van der Waals surface area (Å²) in [5.74, 6) is 0.934. The second-order valence-corrected chi connectivity index (χ2v) is 8.12. The van der Waals surface area contributed by atoms with Crippen LogP contribution in [0.4, 0.5) is 16.5 Å². The summed E-state index contributed by atoms with van der Waals surface area (Å²) in [6.07, 6.45) is 0.411. The number of nitrogens with zero attached hydrogens (tertiary/aromatic N) is 2. The van der Waals surface area contributed by atoms with E-state index in [2.05, 4.69) is 20.8 Å². The minimum absolute atomic E-state index is 0.0131. The first kappa shape index (κ1) is 20.8. The largest absolute Gasteiger partial charge is 0.497 e. The topological polar surface area (TPSA) is 93.2 Å². The monoisotopic (exact) mass is 428 g/mol. The Morgan fingerprint density at radius 2 is 1.90 bits per heavy atom. The van der Waals surface area contributed by atoms with Crippen molar-refractivity contribution in [1.29, 1.82) is 0 Å². The molecule has 0 aliphatic carbocycles. The van der Waals surface area contributed by atoms with Gasteiger partial charge in [-0.05, 0) is 36.4 Å². The number of methoxy groups -OCH3 is 1. The molecule has 0 aliphatic heterocycles. The molecule has 29 heavy (non-hydrogen) atoms. The number of thioether (sulfide) groups is 1. The molecule has 9 heteroatoms. The van der Waals surface area contributed by atoms with Crippen LogP contribution in [0.25, 0.3) is 0 Å². The fourth-order valence-corrected chi connectivity index (χ4v) is 4.01. The van der Waals surface area contributed by atoms with Crippen LogP contribution in [0.15, 0.2) is 52.9 Å². The molecule has 0 spiro atoms. The molecule has 3 rings (SSSR count). The zero-order valence-corrected chi connectivity index (χ0v) is 17.6. The van der Waals surface area contributed by atoms with Crippen molar-refractivity contribution in [2.75, 3.05) is 23.5 Å². The lowest BCUT2D eigenvalue weighted by Crippen LogP contribution is -2.09. The maximum absolute atomic E-state index is 12.4. The molecule has 0 fully saturated rings. The molecule has 3 aromatic rings. The van der Waals surface area contributed by atoms with Crippen molar-refractivity contribution < 1.29 is 14.3 Å². The zero-order chi connectivity index (χ0) is 20.6. The Bertz CT molecular complexity index is 989. The first-order chi connectivity index (χ1) is 14.1. The van der Waals surface area contributed by atoms with Gasteiger partial charge >= 0.3 is 0 Å². The van der Waals surface area contributed by atoms with Crippen LogP contribution in [0.1, 0.15) is 23.7 Å². The highest BCUT2D eigenvalue weighted by molar-refractivity contribution is 8.01. The van der Waals surface area contributed by atoms with Crippen LogP contribution < -0.4 is 15.4 Å². The molecule has 0 saturated carbocycles. The van der Waals surface area contributed by atoms with Gasteiger partial charge in [0.05, 0.1) is 12.9 Å². The molecule has 2 N–H and O–H groups in total. The number of hydrogen-bond donors (Lipinski definition) is 2. The van der Waals surface area contributed by atoms with Crippen molar-refractivity contribution in [2.24, 2.45) is 0 Å². The molecular formula is C20H20N4O3S2. The van der Waals surface area contributed by atoms with E-state index in [0.717, 1.165) is 11.4 Å². The van der Waals surface area contributed by atoms with E-state index in [-0.39, 0.29) is 17.4 Å². The van der Waals surface area contributed by atoms with Gasteiger partial charge in [0, 0.05) is 29.4 Å². The van der Waals surface area contributed by atoms with Crippen LogP contribution in [0.5, 0.6) is 5.75 Å². The van der Waals surface area contributed by atoms with E-state index in [9.17, 15) is 9.59 Å². The third-order valence-electron chi connectivity index (χ3n) is 3.87.